The van der Waals surface area contributed by atoms with Crippen LogP contribution in [0.3, 0.4) is 0 Å². The van der Waals surface area contributed by atoms with Gasteiger partial charge in [0.1, 0.15) is 12.2 Å². The number of rotatable bonds is 4. The number of aliphatic hydroxyl groups is 1. The average Bonchev–Trinajstić information content (AvgIpc) is 3.45. The van der Waals surface area contributed by atoms with Crippen LogP contribution >= 0.6 is 34.4 Å². The lowest BCUT2D eigenvalue weighted by molar-refractivity contribution is -0.219. The number of aliphatic hydroxyl groups excluding tert-OH is 1. The summed E-state index contributed by atoms with van der Waals surface area (Å²) >= 11 is 2.31. The highest BCUT2D eigenvalue weighted by Crippen LogP contribution is 2.71. The van der Waals surface area contributed by atoms with E-state index >= 15 is 8.78 Å². The molecule has 37 heavy (non-hydrogen) atoms. The van der Waals surface area contributed by atoms with Gasteiger partial charge in [-0.2, -0.15) is 0 Å². The molecule has 4 aliphatic rings. The summed E-state index contributed by atoms with van der Waals surface area (Å²) < 4.78 is 56.8. The molecule has 11 heteroatoms. The van der Waals surface area contributed by atoms with Crippen LogP contribution in [0.4, 0.5) is 13.2 Å². The van der Waals surface area contributed by atoms with Crippen LogP contribution in [0, 0.1) is 22.7 Å². The van der Waals surface area contributed by atoms with Gasteiger partial charge in [-0.05, 0) is 73.7 Å². The summed E-state index contributed by atoms with van der Waals surface area (Å²) in [5.74, 6) is -3.31. The number of hydrogen-bond acceptors (Lipinski definition) is 7. The first-order chi connectivity index (χ1) is 17.4. The molecule has 0 aromatic carbocycles. The van der Waals surface area contributed by atoms with Crippen molar-refractivity contribution in [2.75, 3.05) is 6.01 Å². The number of carbonyl (C=O) groups is 3. The Morgan fingerprint density at radius 2 is 2.03 bits per heavy atom. The second-order valence-corrected chi connectivity index (χ2v) is 13.1. The van der Waals surface area contributed by atoms with E-state index < -0.39 is 73.0 Å². The van der Waals surface area contributed by atoms with Crippen molar-refractivity contribution in [3.8, 4) is 0 Å². The fourth-order valence-electron chi connectivity index (χ4n) is 7.49. The number of esters is 1. The molecule has 1 heterocycles. The lowest BCUT2D eigenvalue weighted by atomic mass is 9.44. The Balaban J connectivity index is 1.64. The van der Waals surface area contributed by atoms with Crippen molar-refractivity contribution in [2.45, 2.75) is 60.6 Å². The van der Waals surface area contributed by atoms with Crippen LogP contribution in [0.15, 0.2) is 46.6 Å². The second kappa shape index (κ2) is 8.97. The van der Waals surface area contributed by atoms with E-state index in [4.69, 9.17) is 9.15 Å². The number of hydrogen-bond donors (Lipinski definition) is 1. The highest BCUT2D eigenvalue weighted by molar-refractivity contribution is 14.1. The summed E-state index contributed by atoms with van der Waals surface area (Å²) in [6, 6.07) is 1.77. The molecule has 200 valence electrons. The van der Waals surface area contributed by atoms with Gasteiger partial charge in [0, 0.05) is 16.7 Å². The van der Waals surface area contributed by atoms with E-state index in [0.717, 1.165) is 6.08 Å². The predicted molar refractivity (Wildman–Crippen MR) is 137 cm³/mol. The Bertz CT molecular complexity index is 1200. The number of carbonyl (C=O) groups excluding carboxylic acids is 3. The molecule has 6 nitrogen and oxygen atoms in total. The standard InChI is InChI=1S/C26H26F3IO6S/c1-23-6-5-13(31)8-16(23)17(28)9-15-14-10-19(30)26(22(34)37-12-27,36-21(33)18-4-3-7-35-18)24(14,2)11-20(32)25(15,23)29/h3-8,14-15,17,19-20,32H,9-12H2,1-2H3/t14?,15?,17-,19+,20-,23-,24-,25-,26-/m0/s1. The van der Waals surface area contributed by atoms with E-state index in [0.29, 0.717) is 11.8 Å². The Labute approximate surface area is 229 Å². The number of allylic oxidation sites excluding steroid dienone is 4. The highest BCUT2D eigenvalue weighted by atomic mass is 127. The molecule has 3 fully saturated rings. The van der Waals surface area contributed by atoms with Crippen molar-refractivity contribution >= 4 is 51.2 Å². The molecule has 0 spiro atoms. The van der Waals surface area contributed by atoms with E-state index in [-0.39, 0.29) is 30.6 Å². The first-order valence-electron chi connectivity index (χ1n) is 12.0. The molecule has 1 N–H and O–H groups in total. The van der Waals surface area contributed by atoms with Crippen LogP contribution in [0.1, 0.15) is 43.7 Å². The maximum Gasteiger partial charge on any atom is 0.375 e. The smallest absolute Gasteiger partial charge is 0.375 e. The van der Waals surface area contributed by atoms with Crippen molar-refractivity contribution in [1.29, 1.82) is 0 Å². The third-order valence-corrected chi connectivity index (χ3v) is 11.3. The molecule has 5 rings (SSSR count). The average molecular weight is 650 g/mol. The zero-order valence-corrected chi connectivity index (χ0v) is 23.1. The summed E-state index contributed by atoms with van der Waals surface area (Å²) in [4.78, 5) is 38.7. The summed E-state index contributed by atoms with van der Waals surface area (Å²) in [7, 11) is 0. The first kappa shape index (κ1) is 27.0. The zero-order chi connectivity index (χ0) is 27.0. The van der Waals surface area contributed by atoms with Crippen LogP contribution in [-0.2, 0) is 14.3 Å². The zero-order valence-electron chi connectivity index (χ0n) is 20.1. The normalized spacial score (nSPS) is 44.5. The van der Waals surface area contributed by atoms with Gasteiger partial charge in [0.15, 0.2) is 17.1 Å². The van der Waals surface area contributed by atoms with Gasteiger partial charge in [-0.1, -0.05) is 35.6 Å². The molecule has 1 aromatic heterocycles. The number of furan rings is 1. The third-order valence-electron chi connectivity index (χ3n) is 9.23. The van der Waals surface area contributed by atoms with E-state index in [1.807, 2.05) is 22.6 Å². The number of thioether (sulfide) groups is 1. The number of ketones is 1. The van der Waals surface area contributed by atoms with Crippen molar-refractivity contribution in [3.63, 3.8) is 0 Å². The summed E-state index contributed by atoms with van der Waals surface area (Å²) in [5, 5.41) is 10.7. The van der Waals surface area contributed by atoms with E-state index in [1.54, 1.807) is 6.92 Å². The molecule has 0 bridgehead atoms. The monoisotopic (exact) mass is 650 g/mol. The first-order valence-corrected chi connectivity index (χ1v) is 14.2. The molecule has 3 saturated carbocycles. The van der Waals surface area contributed by atoms with Gasteiger partial charge in [0.2, 0.25) is 10.9 Å². The Hall–Kier alpha value is -1.60. The van der Waals surface area contributed by atoms with Gasteiger partial charge in [0.05, 0.1) is 16.3 Å². The second-order valence-electron chi connectivity index (χ2n) is 10.7. The molecule has 0 amide bonds. The fraction of sp³-hybridized carbons (Fsp3) is 0.577. The number of halogens is 4. The van der Waals surface area contributed by atoms with Crippen LogP contribution in [0.5, 0.6) is 0 Å². The van der Waals surface area contributed by atoms with E-state index in [9.17, 15) is 23.9 Å². The summed E-state index contributed by atoms with van der Waals surface area (Å²) in [6.07, 6.45) is 1.12. The Morgan fingerprint density at radius 1 is 1.30 bits per heavy atom. The molecule has 0 radical (unpaired) electrons. The third kappa shape index (κ3) is 3.44. The lowest BCUT2D eigenvalue weighted by Crippen LogP contribution is -2.71. The summed E-state index contributed by atoms with van der Waals surface area (Å²) in [5.41, 5.74) is -7.21. The molecule has 0 aliphatic heterocycles. The minimum atomic E-state index is -2.35. The minimum absolute atomic E-state index is 0.00926. The van der Waals surface area contributed by atoms with Gasteiger partial charge in [-0.15, -0.1) is 0 Å². The van der Waals surface area contributed by atoms with E-state index in [2.05, 4.69) is 0 Å². The van der Waals surface area contributed by atoms with Crippen LogP contribution in [0.2, 0.25) is 0 Å². The Kier molecular flexibility index (Phi) is 6.54. The number of fused-ring (bicyclic) bond motifs is 5. The minimum Gasteiger partial charge on any atom is -0.457 e. The summed E-state index contributed by atoms with van der Waals surface area (Å²) in [6.45, 7) is 3.11. The molecular formula is C26H26F3IO6S. The lowest BCUT2D eigenvalue weighted by Gasteiger charge is -2.63. The van der Waals surface area contributed by atoms with Gasteiger partial charge >= 0.3 is 5.97 Å². The number of ether oxygens (including phenoxy) is 1. The van der Waals surface area contributed by atoms with Crippen molar-refractivity contribution in [3.05, 3.63) is 48.0 Å². The topological polar surface area (TPSA) is 93.8 Å². The predicted octanol–water partition coefficient (Wildman–Crippen LogP) is 5.09. The van der Waals surface area contributed by atoms with Crippen molar-refractivity contribution < 1.29 is 41.8 Å². The van der Waals surface area contributed by atoms with Crippen LogP contribution in [0.25, 0.3) is 0 Å². The molecular weight excluding hydrogens is 624 g/mol. The van der Waals surface area contributed by atoms with Crippen molar-refractivity contribution in [2.24, 2.45) is 22.7 Å². The SMILES string of the molecule is C[C@]12C=CC(=O)C=C1[C@@H](F)CC1C3C[C@@H](I)[C@](OC(=O)c4ccco4)(C(=O)SCF)[C@@]3(C)C[C@H](O)[C@@]12F. The molecule has 1 aromatic rings. The molecule has 2 unspecified atom stereocenters. The Morgan fingerprint density at radius 3 is 2.68 bits per heavy atom. The van der Waals surface area contributed by atoms with Gasteiger partial charge < -0.3 is 14.3 Å². The maximum atomic E-state index is 17.4. The quantitative estimate of drug-likeness (QED) is 0.276. The van der Waals surface area contributed by atoms with Crippen molar-refractivity contribution in [1.82, 2.24) is 0 Å². The van der Waals surface area contributed by atoms with Gasteiger partial charge in [-0.25, -0.2) is 18.0 Å². The number of alkyl halides is 4. The molecule has 9 atom stereocenters. The van der Waals surface area contributed by atoms with Gasteiger partial charge in [0.25, 0.3) is 0 Å². The molecule has 0 saturated heterocycles. The van der Waals surface area contributed by atoms with Gasteiger partial charge in [-0.3, -0.25) is 9.59 Å². The fourth-order valence-corrected chi connectivity index (χ4v) is 10.1. The molecule has 4 aliphatic carbocycles. The largest absolute Gasteiger partial charge is 0.457 e. The highest BCUT2D eigenvalue weighted by Gasteiger charge is 2.78. The maximum absolute atomic E-state index is 17.4. The van der Waals surface area contributed by atoms with Crippen LogP contribution < -0.4 is 0 Å². The van der Waals surface area contributed by atoms with Crippen LogP contribution in [-0.4, -0.2) is 55.5 Å². The van der Waals surface area contributed by atoms with E-state index in [1.165, 1.54) is 37.5 Å².